The van der Waals surface area contributed by atoms with Crippen LogP contribution in [0.3, 0.4) is 0 Å². The monoisotopic (exact) mass is 388 g/mol. The lowest BCUT2D eigenvalue weighted by Gasteiger charge is -2.26. The number of hydrogen-bond acceptors (Lipinski definition) is 5. The van der Waals surface area contributed by atoms with E-state index in [1.54, 1.807) is 24.4 Å². The maximum Gasteiger partial charge on any atom is 0.242 e. The van der Waals surface area contributed by atoms with Gasteiger partial charge in [0.15, 0.2) is 0 Å². The molecule has 0 fully saturated rings. The summed E-state index contributed by atoms with van der Waals surface area (Å²) < 4.78 is 5.33. The van der Waals surface area contributed by atoms with Crippen LogP contribution in [0.25, 0.3) is 11.1 Å². The highest BCUT2D eigenvalue weighted by Crippen LogP contribution is 2.50. The topological polar surface area (TPSA) is 68.2 Å². The van der Waals surface area contributed by atoms with Gasteiger partial charge in [0.05, 0.1) is 36.3 Å². The molecule has 0 N–H and O–H groups in total. The second-order valence-electron chi connectivity index (χ2n) is 7.26. The quantitative estimate of drug-likeness (QED) is 0.639. The summed E-state index contributed by atoms with van der Waals surface area (Å²) in [5.41, 5.74) is 3.98. The minimum Gasteiger partial charge on any atom is -0.495 e. The number of carbonyl (C=O) groups excluding carboxylic acids is 1. The van der Waals surface area contributed by atoms with E-state index >= 15 is 0 Å². The fourth-order valence-corrected chi connectivity index (χ4v) is 4.11. The Bertz CT molecular complexity index is 1060. The van der Waals surface area contributed by atoms with E-state index in [0.29, 0.717) is 11.4 Å². The van der Waals surface area contributed by atoms with Crippen molar-refractivity contribution < 1.29 is 9.53 Å². The number of ether oxygens (including phenoxy) is 1. The Morgan fingerprint density at radius 3 is 2.38 bits per heavy atom. The summed E-state index contributed by atoms with van der Waals surface area (Å²) in [6.07, 6.45) is 8.42. The number of amides is 1. The summed E-state index contributed by atoms with van der Waals surface area (Å²) >= 11 is 0. The molecule has 0 radical (unpaired) electrons. The number of carbonyl (C=O) groups is 1. The number of fused-ring (bicyclic) bond motifs is 1. The molecule has 148 valence electrons. The van der Waals surface area contributed by atoms with Crippen molar-refractivity contribution in [3.63, 3.8) is 0 Å². The SMILES string of the molecule is CCC1(CC)C(=O)N(c2cncc(OC)c2)c2cc(-c3cnc(C)nc3)ccc21. The van der Waals surface area contributed by atoms with Crippen LogP contribution in [0.2, 0.25) is 0 Å². The minimum absolute atomic E-state index is 0.0739. The third-order valence-electron chi connectivity index (χ3n) is 5.88. The Labute approximate surface area is 170 Å². The standard InChI is InChI=1S/C23H24N4O2/c1-5-23(6-2)20-8-7-16(17-11-25-15(3)26-12-17)9-21(20)27(22(23)28)18-10-19(29-4)14-24-13-18/h7-14H,5-6H2,1-4H3. The molecule has 0 atom stereocenters. The van der Waals surface area contributed by atoms with E-state index in [0.717, 1.165) is 41.0 Å². The smallest absolute Gasteiger partial charge is 0.242 e. The van der Waals surface area contributed by atoms with Gasteiger partial charge in [0.25, 0.3) is 0 Å². The molecule has 29 heavy (non-hydrogen) atoms. The van der Waals surface area contributed by atoms with Gasteiger partial charge >= 0.3 is 0 Å². The molecule has 6 heteroatoms. The Kier molecular flexibility index (Phi) is 4.78. The van der Waals surface area contributed by atoms with Crippen molar-refractivity contribution in [3.05, 3.63) is 60.4 Å². The molecule has 0 aliphatic carbocycles. The van der Waals surface area contributed by atoms with Gasteiger partial charge in [-0.15, -0.1) is 0 Å². The van der Waals surface area contributed by atoms with Crippen molar-refractivity contribution in [1.82, 2.24) is 15.0 Å². The largest absolute Gasteiger partial charge is 0.495 e. The van der Waals surface area contributed by atoms with Crippen molar-refractivity contribution in [2.75, 3.05) is 12.0 Å². The third kappa shape index (κ3) is 2.95. The fraction of sp³-hybridized carbons (Fsp3) is 0.304. The maximum atomic E-state index is 13.7. The lowest BCUT2D eigenvalue weighted by atomic mass is 9.76. The van der Waals surface area contributed by atoms with Crippen LogP contribution in [0.1, 0.15) is 38.1 Å². The lowest BCUT2D eigenvalue weighted by Crippen LogP contribution is -2.37. The van der Waals surface area contributed by atoms with Crippen LogP contribution in [-0.2, 0) is 10.2 Å². The molecule has 2 aromatic heterocycles. The predicted octanol–water partition coefficient (Wildman–Crippen LogP) is 4.59. The number of aryl methyl sites for hydroxylation is 1. The highest BCUT2D eigenvalue weighted by Gasteiger charge is 2.49. The zero-order chi connectivity index (χ0) is 20.6. The molecule has 1 aromatic carbocycles. The fourth-order valence-electron chi connectivity index (χ4n) is 4.11. The molecule has 0 saturated heterocycles. The molecule has 0 spiro atoms. The van der Waals surface area contributed by atoms with Crippen LogP contribution in [0.5, 0.6) is 5.75 Å². The van der Waals surface area contributed by atoms with Gasteiger partial charge in [-0.1, -0.05) is 26.0 Å². The Morgan fingerprint density at radius 2 is 1.72 bits per heavy atom. The van der Waals surface area contributed by atoms with Gasteiger partial charge in [0, 0.05) is 24.0 Å². The van der Waals surface area contributed by atoms with Crippen molar-refractivity contribution in [1.29, 1.82) is 0 Å². The number of nitrogens with zero attached hydrogens (tertiary/aromatic N) is 4. The number of methoxy groups -OCH3 is 1. The first-order chi connectivity index (χ1) is 14.0. The van der Waals surface area contributed by atoms with Gasteiger partial charge in [-0.25, -0.2) is 9.97 Å². The van der Waals surface area contributed by atoms with Gasteiger partial charge in [0.1, 0.15) is 11.6 Å². The first-order valence-electron chi connectivity index (χ1n) is 9.81. The summed E-state index contributed by atoms with van der Waals surface area (Å²) in [5.74, 6) is 1.42. The van der Waals surface area contributed by atoms with Gasteiger partial charge in [-0.2, -0.15) is 0 Å². The van der Waals surface area contributed by atoms with Crippen LogP contribution in [-0.4, -0.2) is 28.0 Å². The molecule has 4 rings (SSSR count). The Hall–Kier alpha value is -3.28. The van der Waals surface area contributed by atoms with E-state index in [4.69, 9.17) is 4.74 Å². The normalized spacial score (nSPS) is 14.8. The summed E-state index contributed by atoms with van der Waals surface area (Å²) in [4.78, 5) is 28.3. The molecule has 1 amide bonds. The highest BCUT2D eigenvalue weighted by molar-refractivity contribution is 6.13. The van der Waals surface area contributed by atoms with Crippen molar-refractivity contribution in [2.45, 2.75) is 39.0 Å². The molecule has 0 saturated carbocycles. The van der Waals surface area contributed by atoms with Crippen molar-refractivity contribution in [2.24, 2.45) is 0 Å². The maximum absolute atomic E-state index is 13.7. The molecule has 1 aliphatic rings. The van der Waals surface area contributed by atoms with E-state index in [9.17, 15) is 4.79 Å². The van der Waals surface area contributed by atoms with E-state index in [1.165, 1.54) is 0 Å². The predicted molar refractivity (Wildman–Crippen MR) is 112 cm³/mol. The number of benzene rings is 1. The van der Waals surface area contributed by atoms with E-state index in [2.05, 4.69) is 34.9 Å². The molecule has 0 bridgehead atoms. The minimum atomic E-state index is -0.541. The molecule has 0 unspecified atom stereocenters. The first-order valence-corrected chi connectivity index (χ1v) is 9.81. The summed E-state index contributed by atoms with van der Waals surface area (Å²) in [6.45, 7) is 6.00. The van der Waals surface area contributed by atoms with Gasteiger partial charge < -0.3 is 4.74 Å². The second-order valence-corrected chi connectivity index (χ2v) is 7.26. The number of pyridine rings is 1. The second kappa shape index (κ2) is 7.28. The molecule has 1 aliphatic heterocycles. The van der Waals surface area contributed by atoms with Crippen LogP contribution in [0.15, 0.2) is 49.1 Å². The summed E-state index contributed by atoms with van der Waals surface area (Å²) in [7, 11) is 1.60. The van der Waals surface area contributed by atoms with Gasteiger partial charge in [0.2, 0.25) is 5.91 Å². The molecule has 3 aromatic rings. The van der Waals surface area contributed by atoms with Crippen molar-refractivity contribution in [3.8, 4) is 16.9 Å². The highest BCUT2D eigenvalue weighted by atomic mass is 16.5. The summed E-state index contributed by atoms with van der Waals surface area (Å²) in [6, 6.07) is 8.02. The zero-order valence-corrected chi connectivity index (χ0v) is 17.1. The third-order valence-corrected chi connectivity index (χ3v) is 5.88. The van der Waals surface area contributed by atoms with E-state index in [-0.39, 0.29) is 5.91 Å². The molecular formula is C23H24N4O2. The number of rotatable bonds is 5. The molecule has 6 nitrogen and oxygen atoms in total. The lowest BCUT2D eigenvalue weighted by molar-refractivity contribution is -0.122. The zero-order valence-electron chi connectivity index (χ0n) is 17.1. The van der Waals surface area contributed by atoms with Crippen LogP contribution >= 0.6 is 0 Å². The number of hydrogen-bond donors (Lipinski definition) is 0. The Morgan fingerprint density at radius 1 is 1.00 bits per heavy atom. The average Bonchev–Trinajstić information content (AvgIpc) is 3.01. The number of anilines is 2. The average molecular weight is 388 g/mol. The van der Waals surface area contributed by atoms with Crippen LogP contribution in [0, 0.1) is 6.92 Å². The first kappa shape index (κ1) is 19.1. The van der Waals surface area contributed by atoms with Crippen LogP contribution < -0.4 is 9.64 Å². The molecular weight excluding hydrogens is 364 g/mol. The van der Waals surface area contributed by atoms with E-state index in [1.807, 2.05) is 37.5 Å². The van der Waals surface area contributed by atoms with Gasteiger partial charge in [-0.05, 0) is 37.0 Å². The van der Waals surface area contributed by atoms with Crippen molar-refractivity contribution >= 4 is 17.3 Å². The number of aromatic nitrogens is 3. The van der Waals surface area contributed by atoms with E-state index < -0.39 is 5.41 Å². The van der Waals surface area contributed by atoms with Crippen LogP contribution in [0.4, 0.5) is 11.4 Å². The Balaban J connectivity index is 1.91. The summed E-state index contributed by atoms with van der Waals surface area (Å²) in [5, 5.41) is 0. The van der Waals surface area contributed by atoms with Gasteiger partial charge in [-0.3, -0.25) is 14.7 Å². The molecule has 3 heterocycles.